The Hall–Kier alpha value is -2.79. The first kappa shape index (κ1) is 14.2. The first-order chi connectivity index (χ1) is 10.5. The molecule has 0 fully saturated rings. The van der Waals surface area contributed by atoms with Crippen molar-refractivity contribution in [2.24, 2.45) is 0 Å². The summed E-state index contributed by atoms with van der Waals surface area (Å²) in [5.74, 6) is -0.605. The lowest BCUT2D eigenvalue weighted by Gasteiger charge is -2.09. The number of benzene rings is 2. The van der Waals surface area contributed by atoms with Gasteiger partial charge in [-0.2, -0.15) is 0 Å². The number of para-hydroxylation sites is 1. The summed E-state index contributed by atoms with van der Waals surface area (Å²) in [6, 6.07) is 12.5. The summed E-state index contributed by atoms with van der Waals surface area (Å²) in [6.07, 6.45) is 0. The first-order valence-corrected chi connectivity index (χ1v) is 6.84. The van der Waals surface area contributed by atoms with Gasteiger partial charge in [0.05, 0.1) is 11.3 Å². The number of carbonyl (C=O) groups excluding carboxylic acids is 1. The smallest absolute Gasteiger partial charge is 0.256 e. The molecule has 1 amide bonds. The first-order valence-electron chi connectivity index (χ1n) is 6.46. The van der Waals surface area contributed by atoms with Crippen LogP contribution in [0.5, 0.6) is 5.75 Å². The van der Waals surface area contributed by atoms with E-state index in [0.717, 1.165) is 0 Å². The van der Waals surface area contributed by atoms with Gasteiger partial charge in [-0.3, -0.25) is 9.59 Å². The minimum Gasteiger partial charge on any atom is -0.506 e. The van der Waals surface area contributed by atoms with E-state index in [1.54, 1.807) is 24.3 Å². The van der Waals surface area contributed by atoms with Crippen LogP contribution in [0.3, 0.4) is 0 Å². The molecule has 3 rings (SSSR count). The number of rotatable bonds is 2. The lowest BCUT2D eigenvalue weighted by atomic mass is 10.1. The minimum atomic E-state index is -0.500. The van der Waals surface area contributed by atoms with Gasteiger partial charge in [-0.15, -0.1) is 0 Å². The molecule has 6 heteroatoms. The zero-order valence-electron chi connectivity index (χ0n) is 11.3. The van der Waals surface area contributed by atoms with Crippen molar-refractivity contribution in [3.8, 4) is 5.75 Å². The molecule has 2 aromatic carbocycles. The quantitative estimate of drug-likeness (QED) is 0.635. The molecule has 5 nitrogen and oxygen atoms in total. The van der Waals surface area contributed by atoms with Gasteiger partial charge in [-0.25, -0.2) is 0 Å². The number of nitrogens with one attached hydrogen (secondary N) is 2. The molecule has 1 heterocycles. The SMILES string of the molecule is O=C(Nc1cc(Cl)ccc1O)c1cc(=O)[nH]c2ccccc12. The van der Waals surface area contributed by atoms with Crippen LogP contribution in [0.15, 0.2) is 53.3 Å². The summed E-state index contributed by atoms with van der Waals surface area (Å²) in [4.78, 5) is 26.8. The number of halogens is 1. The van der Waals surface area contributed by atoms with Crippen LogP contribution < -0.4 is 10.9 Å². The molecule has 0 aliphatic heterocycles. The monoisotopic (exact) mass is 314 g/mol. The molecule has 0 bridgehead atoms. The van der Waals surface area contributed by atoms with Gasteiger partial charge in [0.25, 0.3) is 5.91 Å². The average molecular weight is 315 g/mol. The molecule has 0 saturated carbocycles. The van der Waals surface area contributed by atoms with Crippen LogP contribution in [0.25, 0.3) is 10.9 Å². The second-order valence-electron chi connectivity index (χ2n) is 4.71. The fraction of sp³-hybridized carbons (Fsp3) is 0. The fourth-order valence-electron chi connectivity index (χ4n) is 2.19. The molecule has 3 N–H and O–H groups in total. The molecule has 0 radical (unpaired) electrons. The Kier molecular flexibility index (Phi) is 3.56. The third kappa shape index (κ3) is 2.66. The third-order valence-electron chi connectivity index (χ3n) is 3.20. The van der Waals surface area contributed by atoms with Gasteiger partial charge in [-0.05, 0) is 24.3 Å². The zero-order valence-corrected chi connectivity index (χ0v) is 12.0. The number of phenols is 1. The molecule has 0 unspecified atom stereocenters. The van der Waals surface area contributed by atoms with Crippen LogP contribution in [0.2, 0.25) is 5.02 Å². The van der Waals surface area contributed by atoms with Crippen LogP contribution in [0.1, 0.15) is 10.4 Å². The highest BCUT2D eigenvalue weighted by molar-refractivity contribution is 6.31. The van der Waals surface area contributed by atoms with Gasteiger partial charge < -0.3 is 15.4 Å². The topological polar surface area (TPSA) is 82.2 Å². The van der Waals surface area contributed by atoms with Crippen LogP contribution in [-0.4, -0.2) is 16.0 Å². The maximum absolute atomic E-state index is 12.4. The number of hydrogen-bond donors (Lipinski definition) is 3. The highest BCUT2D eigenvalue weighted by Crippen LogP contribution is 2.27. The minimum absolute atomic E-state index is 0.105. The number of fused-ring (bicyclic) bond motifs is 1. The number of H-pyrrole nitrogens is 1. The number of carbonyl (C=O) groups is 1. The molecule has 0 aliphatic carbocycles. The van der Waals surface area contributed by atoms with Crippen LogP contribution in [0, 0.1) is 0 Å². The van der Waals surface area contributed by atoms with Crippen molar-refractivity contribution in [3.63, 3.8) is 0 Å². The average Bonchev–Trinajstić information content (AvgIpc) is 2.50. The summed E-state index contributed by atoms with van der Waals surface area (Å²) >= 11 is 5.85. The second-order valence-corrected chi connectivity index (χ2v) is 5.14. The Balaban J connectivity index is 2.06. The number of pyridine rings is 1. The molecule has 22 heavy (non-hydrogen) atoms. The summed E-state index contributed by atoms with van der Waals surface area (Å²) in [5.41, 5.74) is 0.593. The Labute approximate surface area is 130 Å². The highest BCUT2D eigenvalue weighted by atomic mass is 35.5. The molecular formula is C16H11ClN2O3. The van der Waals surface area contributed by atoms with Gasteiger partial charge >= 0.3 is 0 Å². The summed E-state index contributed by atoms with van der Waals surface area (Å²) in [6.45, 7) is 0. The number of aromatic amines is 1. The second kappa shape index (κ2) is 5.54. The van der Waals surface area contributed by atoms with Crippen molar-refractivity contribution >= 4 is 34.1 Å². The zero-order chi connectivity index (χ0) is 15.7. The van der Waals surface area contributed by atoms with Crippen molar-refractivity contribution in [3.05, 3.63) is 69.5 Å². The van der Waals surface area contributed by atoms with Crippen molar-refractivity contribution in [2.45, 2.75) is 0 Å². The molecule has 3 aromatic rings. The highest BCUT2D eigenvalue weighted by Gasteiger charge is 2.13. The summed E-state index contributed by atoms with van der Waals surface area (Å²) < 4.78 is 0. The van der Waals surface area contributed by atoms with Crippen molar-refractivity contribution in [1.29, 1.82) is 0 Å². The van der Waals surface area contributed by atoms with Crippen molar-refractivity contribution < 1.29 is 9.90 Å². The van der Waals surface area contributed by atoms with E-state index in [1.807, 2.05) is 0 Å². The molecule has 0 spiro atoms. The van der Waals surface area contributed by atoms with Crippen LogP contribution in [-0.2, 0) is 0 Å². The Morgan fingerprint density at radius 3 is 2.73 bits per heavy atom. The number of amides is 1. The maximum Gasteiger partial charge on any atom is 0.256 e. The van der Waals surface area contributed by atoms with Gasteiger partial charge in [-0.1, -0.05) is 29.8 Å². The van der Waals surface area contributed by atoms with Crippen molar-refractivity contribution in [1.82, 2.24) is 4.98 Å². The predicted octanol–water partition coefficient (Wildman–Crippen LogP) is 3.14. The van der Waals surface area contributed by atoms with Crippen LogP contribution in [0.4, 0.5) is 5.69 Å². The normalized spacial score (nSPS) is 10.6. The maximum atomic E-state index is 12.4. The lowest BCUT2D eigenvalue weighted by molar-refractivity contribution is 0.102. The van der Waals surface area contributed by atoms with Gasteiger partial charge in [0.15, 0.2) is 0 Å². The number of anilines is 1. The molecule has 110 valence electrons. The standard InChI is InChI=1S/C16H11ClN2O3/c17-9-5-6-14(20)13(7-9)19-16(22)11-8-15(21)18-12-4-2-1-3-10(11)12/h1-8,20H,(H,18,21)(H,19,22). The third-order valence-corrected chi connectivity index (χ3v) is 3.44. The van der Waals surface area contributed by atoms with E-state index in [2.05, 4.69) is 10.3 Å². The Morgan fingerprint density at radius 1 is 1.14 bits per heavy atom. The summed E-state index contributed by atoms with van der Waals surface area (Å²) in [5, 5.41) is 13.3. The lowest BCUT2D eigenvalue weighted by Crippen LogP contribution is -2.16. The number of aromatic hydroxyl groups is 1. The van der Waals surface area contributed by atoms with E-state index >= 15 is 0 Å². The molecule has 1 aromatic heterocycles. The van der Waals surface area contributed by atoms with Gasteiger partial charge in [0.1, 0.15) is 5.75 Å². The predicted molar refractivity (Wildman–Crippen MR) is 85.6 cm³/mol. The van der Waals surface area contributed by atoms with E-state index in [-0.39, 0.29) is 22.6 Å². The Bertz CT molecular complexity index is 934. The molecule has 0 aliphatic rings. The van der Waals surface area contributed by atoms with E-state index < -0.39 is 5.91 Å². The summed E-state index contributed by atoms with van der Waals surface area (Å²) in [7, 11) is 0. The van der Waals surface area contributed by atoms with E-state index in [1.165, 1.54) is 24.3 Å². The molecular weight excluding hydrogens is 304 g/mol. The van der Waals surface area contributed by atoms with Crippen LogP contribution >= 0.6 is 11.6 Å². The van der Waals surface area contributed by atoms with Crippen molar-refractivity contribution in [2.75, 3.05) is 5.32 Å². The van der Waals surface area contributed by atoms with E-state index in [4.69, 9.17) is 11.6 Å². The van der Waals surface area contributed by atoms with Gasteiger partial charge in [0, 0.05) is 22.0 Å². The number of hydrogen-bond acceptors (Lipinski definition) is 3. The van der Waals surface area contributed by atoms with Gasteiger partial charge in [0.2, 0.25) is 5.56 Å². The fourth-order valence-corrected chi connectivity index (χ4v) is 2.36. The molecule has 0 saturated heterocycles. The largest absolute Gasteiger partial charge is 0.506 e. The van der Waals surface area contributed by atoms with E-state index in [0.29, 0.717) is 15.9 Å². The number of phenolic OH excluding ortho intramolecular Hbond substituents is 1. The Morgan fingerprint density at radius 2 is 1.91 bits per heavy atom. The van der Waals surface area contributed by atoms with E-state index in [9.17, 15) is 14.7 Å². The number of aromatic nitrogens is 1. The molecule has 0 atom stereocenters.